The van der Waals surface area contributed by atoms with Crippen LogP contribution in [0.25, 0.3) is 0 Å². The number of halogens is 1. The fraction of sp³-hybridized carbons (Fsp3) is 0.548. The van der Waals surface area contributed by atoms with Gasteiger partial charge in [-0.25, -0.2) is 13.1 Å². The first-order chi connectivity index (χ1) is 26.2. The van der Waals surface area contributed by atoms with Gasteiger partial charge in [0.05, 0.1) is 34.7 Å². The fourth-order valence-corrected chi connectivity index (χ4v) is 10.3. The molecule has 12 nitrogen and oxygen atoms in total. The number of nitrogens with one attached hydrogen (secondary N) is 2. The molecule has 0 unspecified atom stereocenters. The first kappa shape index (κ1) is 41.9. The van der Waals surface area contributed by atoms with Gasteiger partial charge in [-0.1, -0.05) is 38.1 Å². The molecule has 0 bridgehead atoms. The number of piperidine rings is 1. The largest absolute Gasteiger partial charge is 0.390 e. The molecule has 0 aromatic heterocycles. The molecule has 1 atom stereocenters. The van der Waals surface area contributed by atoms with Gasteiger partial charge in [0.2, 0.25) is 0 Å². The van der Waals surface area contributed by atoms with E-state index in [0.29, 0.717) is 42.8 Å². The van der Waals surface area contributed by atoms with Crippen molar-refractivity contribution in [2.45, 2.75) is 101 Å². The van der Waals surface area contributed by atoms with Gasteiger partial charge in [-0.3, -0.25) is 19.8 Å². The summed E-state index contributed by atoms with van der Waals surface area (Å²) >= 11 is 0. The van der Waals surface area contributed by atoms with E-state index in [-0.39, 0.29) is 40.2 Å². The number of ether oxygens (including phenoxy) is 1. The normalized spacial score (nSPS) is 24.3. The van der Waals surface area contributed by atoms with Crippen LogP contribution in [-0.4, -0.2) is 80.3 Å². The van der Waals surface area contributed by atoms with Crippen LogP contribution in [0.15, 0.2) is 71.6 Å². The Kier molecular flexibility index (Phi) is 12.7. The van der Waals surface area contributed by atoms with Crippen LogP contribution in [0, 0.1) is 21.4 Å². The number of amides is 1. The van der Waals surface area contributed by atoms with Crippen LogP contribution in [-0.2, 0) is 14.8 Å². The summed E-state index contributed by atoms with van der Waals surface area (Å²) in [6, 6.07) is 20.2. The van der Waals surface area contributed by atoms with Crippen molar-refractivity contribution in [3.8, 4) is 0 Å². The average molecular weight is 810 g/mol. The second-order valence-electron chi connectivity index (χ2n) is 16.9. The van der Waals surface area contributed by atoms with Crippen molar-refractivity contribution >= 4 is 45.4 Å². The smallest absolute Gasteiger partial charge is 0.293 e. The molecule has 56 heavy (non-hydrogen) atoms. The number of anilines is 2. The number of morpholine rings is 1. The molecule has 1 amide bonds. The molecule has 3 aromatic rings. The van der Waals surface area contributed by atoms with Gasteiger partial charge in [-0.2, -0.15) is 0 Å². The van der Waals surface area contributed by atoms with Gasteiger partial charge in [-0.05, 0) is 123 Å². The van der Waals surface area contributed by atoms with Crippen LogP contribution in [0.5, 0.6) is 0 Å². The molecule has 1 spiro atoms. The zero-order valence-corrected chi connectivity index (χ0v) is 34.2. The summed E-state index contributed by atoms with van der Waals surface area (Å²) in [7, 11) is -4.39. The van der Waals surface area contributed by atoms with Gasteiger partial charge in [0.1, 0.15) is 5.69 Å². The van der Waals surface area contributed by atoms with Gasteiger partial charge >= 0.3 is 0 Å². The maximum Gasteiger partial charge on any atom is 0.293 e. The number of nitro benzene ring substituents is 1. The lowest BCUT2D eigenvalue weighted by molar-refractivity contribution is -0.384. The molecule has 2 saturated carbocycles. The number of nitrogens with zero attached hydrogens (tertiary/aromatic N) is 3. The summed E-state index contributed by atoms with van der Waals surface area (Å²) in [5.41, 5.74) is 3.46. The zero-order valence-electron chi connectivity index (χ0n) is 32.6. The first-order valence-electron chi connectivity index (χ1n) is 19.8. The highest BCUT2D eigenvalue weighted by atomic mass is 35.5. The minimum absolute atomic E-state index is 0. The van der Waals surface area contributed by atoms with Crippen molar-refractivity contribution in [2.24, 2.45) is 11.3 Å². The van der Waals surface area contributed by atoms with Crippen LogP contribution in [0.2, 0.25) is 0 Å². The van der Waals surface area contributed by atoms with Gasteiger partial charge in [0, 0.05) is 49.5 Å². The minimum Gasteiger partial charge on any atom is -0.390 e. The molecule has 3 N–H and O–H groups in total. The number of carbonyl (C=O) groups excluding carboxylic acids is 1. The highest BCUT2D eigenvalue weighted by molar-refractivity contribution is 7.90. The molecule has 2 heterocycles. The Morgan fingerprint density at radius 3 is 2.34 bits per heavy atom. The number of benzene rings is 3. The highest BCUT2D eigenvalue weighted by Crippen LogP contribution is 2.53. The Balaban J connectivity index is 0.00000532. The second-order valence-corrected chi connectivity index (χ2v) is 18.6. The van der Waals surface area contributed by atoms with E-state index in [0.717, 1.165) is 70.3 Å². The first-order valence-corrected chi connectivity index (χ1v) is 21.3. The number of nitro groups is 1. The van der Waals surface area contributed by atoms with Crippen LogP contribution in [0.4, 0.5) is 17.1 Å². The Hall–Kier alpha value is -3.75. The molecule has 2 aliphatic heterocycles. The van der Waals surface area contributed by atoms with Gasteiger partial charge < -0.3 is 20.1 Å². The van der Waals surface area contributed by atoms with E-state index in [9.17, 15) is 28.4 Å². The van der Waals surface area contributed by atoms with Gasteiger partial charge in [-0.15, -0.1) is 12.4 Å². The van der Waals surface area contributed by atoms with Crippen molar-refractivity contribution in [3.05, 3.63) is 93.5 Å². The summed E-state index contributed by atoms with van der Waals surface area (Å²) in [4.78, 5) is 29.1. The average Bonchev–Trinajstić information content (AvgIpc) is 3.16. The molecule has 2 aliphatic carbocycles. The number of hydrogen-bond donors (Lipinski definition) is 3. The Bertz CT molecular complexity index is 1970. The number of aliphatic hydroxyl groups is 1. The third kappa shape index (κ3) is 9.18. The molecular formula is C42H56ClN5O7S. The van der Waals surface area contributed by atoms with E-state index < -0.39 is 26.5 Å². The Morgan fingerprint density at radius 2 is 1.68 bits per heavy atom. The van der Waals surface area contributed by atoms with Crippen LogP contribution in [0.3, 0.4) is 0 Å². The number of rotatable bonds is 11. The monoisotopic (exact) mass is 809 g/mol. The summed E-state index contributed by atoms with van der Waals surface area (Å²) in [6.45, 7) is 11.1. The predicted molar refractivity (Wildman–Crippen MR) is 220 cm³/mol. The number of sulfonamides is 1. The second kappa shape index (κ2) is 17.0. The maximum atomic E-state index is 13.2. The summed E-state index contributed by atoms with van der Waals surface area (Å²) in [5.74, 6) is -0.103. The van der Waals surface area contributed by atoms with Gasteiger partial charge in [0.15, 0.2) is 0 Å². The molecule has 4 fully saturated rings. The molecule has 4 aliphatic rings. The van der Waals surface area contributed by atoms with Crippen molar-refractivity contribution < 1.29 is 28.0 Å². The lowest BCUT2D eigenvalue weighted by Gasteiger charge is -2.57. The molecule has 7 rings (SSSR count). The van der Waals surface area contributed by atoms with Crippen LogP contribution in [0.1, 0.15) is 106 Å². The minimum atomic E-state index is -4.39. The summed E-state index contributed by atoms with van der Waals surface area (Å²) < 4.78 is 34.5. The summed E-state index contributed by atoms with van der Waals surface area (Å²) in [5, 5.41) is 25.2. The van der Waals surface area contributed by atoms with Crippen molar-refractivity contribution in [1.82, 2.24) is 9.62 Å². The van der Waals surface area contributed by atoms with E-state index in [4.69, 9.17) is 4.74 Å². The van der Waals surface area contributed by atoms with Gasteiger partial charge in [0.25, 0.3) is 21.6 Å². The third-order valence-electron chi connectivity index (χ3n) is 12.7. The molecule has 0 radical (unpaired) electrons. The lowest BCUT2D eigenvalue weighted by Crippen LogP contribution is -2.58. The van der Waals surface area contributed by atoms with E-state index in [1.165, 1.54) is 36.1 Å². The molecular weight excluding hydrogens is 754 g/mol. The van der Waals surface area contributed by atoms with Crippen LogP contribution < -0.4 is 14.9 Å². The molecule has 304 valence electrons. The van der Waals surface area contributed by atoms with E-state index in [1.807, 2.05) is 19.1 Å². The molecule has 14 heteroatoms. The quantitative estimate of drug-likeness (QED) is 0.132. The Labute approximate surface area is 337 Å². The van der Waals surface area contributed by atoms with Crippen molar-refractivity contribution in [3.63, 3.8) is 0 Å². The Morgan fingerprint density at radius 1 is 1.00 bits per heavy atom. The summed E-state index contributed by atoms with van der Waals surface area (Å²) in [6.07, 6.45) is 7.50. The zero-order chi connectivity index (χ0) is 39.0. The number of hydrogen-bond acceptors (Lipinski definition) is 10. The van der Waals surface area contributed by atoms with Crippen molar-refractivity contribution in [1.29, 1.82) is 0 Å². The SMILES string of the molecule is CC(C)c1ccccc1[C@@H]1COCCN1C1CC2(CCN(c3ccc(C(=O)NS(=O)(=O)c4ccc(NCC5CCC(C)(O)CC5)c([N+](=O)[O-])c4)cc3)CC2)C1.Cl. The van der Waals surface area contributed by atoms with Crippen molar-refractivity contribution in [2.75, 3.05) is 49.6 Å². The van der Waals surface area contributed by atoms with Crippen LogP contribution >= 0.6 is 12.4 Å². The molecule has 3 aromatic carbocycles. The standard InChI is InChI=1S/C42H55N5O7S.ClH/c1-29(2)35-6-4-5-7-36(35)39-28-54-23-22-46(39)33-25-42(26-33)18-20-45(21-19-42)32-10-8-31(9-11-32)40(48)44-55(52,53)34-12-13-37(38(24-34)47(50)51)43-27-30-14-16-41(3,49)17-15-30;/h4-13,24,29-30,33,39,43,49H,14-23,25-28H2,1-3H3,(H,44,48);1H/t30?,39-,41?;/m0./s1. The predicted octanol–water partition coefficient (Wildman–Crippen LogP) is 7.43. The van der Waals surface area contributed by atoms with E-state index in [2.05, 4.69) is 58.0 Å². The topological polar surface area (TPSA) is 154 Å². The number of carbonyl (C=O) groups is 1. The fourth-order valence-electron chi connectivity index (χ4n) is 9.28. The maximum absolute atomic E-state index is 13.2. The lowest BCUT2D eigenvalue weighted by atomic mass is 9.59. The third-order valence-corrected chi connectivity index (χ3v) is 14.1. The van der Waals surface area contributed by atoms with E-state index >= 15 is 0 Å². The van der Waals surface area contributed by atoms with E-state index in [1.54, 1.807) is 12.1 Å². The highest BCUT2D eigenvalue weighted by Gasteiger charge is 2.49. The molecule has 2 saturated heterocycles.